The number of urea groups is 1. The molecule has 3 rings (SSSR count). The molecule has 9 heteroatoms. The van der Waals surface area contributed by atoms with Gasteiger partial charge in [-0.15, -0.1) is 0 Å². The van der Waals surface area contributed by atoms with Crippen LogP contribution in [0.3, 0.4) is 0 Å². The summed E-state index contributed by atoms with van der Waals surface area (Å²) in [5.74, 6) is 0. The van der Waals surface area contributed by atoms with E-state index in [-0.39, 0.29) is 12.1 Å². The fourth-order valence-electron chi connectivity index (χ4n) is 2.55. The van der Waals surface area contributed by atoms with Gasteiger partial charge in [-0.2, -0.15) is 4.37 Å². The van der Waals surface area contributed by atoms with Crippen LogP contribution in [0, 0.1) is 0 Å². The number of ether oxygens (including phenoxy) is 1. The standard InChI is InChI=1S/C16H18N6O2S/c17-22-18-9-11-3-5-12(6-4-11)14-8-15(25-21-14)20-16(23)19-13-2-1-7-24-10-13/h3-6,8,13H,1-2,7,9-10H2,(H2,19,20,23)/t13-/m0/s1. The molecule has 0 unspecified atom stereocenters. The van der Waals surface area contributed by atoms with Crippen molar-refractivity contribution in [3.05, 3.63) is 46.3 Å². The molecule has 0 spiro atoms. The van der Waals surface area contributed by atoms with Gasteiger partial charge < -0.3 is 10.1 Å². The zero-order chi connectivity index (χ0) is 17.5. The molecule has 2 amide bonds. The Kier molecular flexibility index (Phi) is 5.84. The Balaban J connectivity index is 1.57. The van der Waals surface area contributed by atoms with E-state index in [1.54, 1.807) is 0 Å². The minimum atomic E-state index is -0.240. The average molecular weight is 358 g/mol. The second kappa shape index (κ2) is 8.48. The van der Waals surface area contributed by atoms with Gasteiger partial charge in [0.05, 0.1) is 24.9 Å². The van der Waals surface area contributed by atoms with Crippen LogP contribution in [0.5, 0.6) is 0 Å². The molecule has 0 aliphatic carbocycles. The van der Waals surface area contributed by atoms with E-state index in [2.05, 4.69) is 25.0 Å². The fraction of sp³-hybridized carbons (Fsp3) is 0.375. The molecular weight excluding hydrogens is 340 g/mol. The van der Waals surface area contributed by atoms with Crippen LogP contribution in [-0.2, 0) is 11.3 Å². The third-order valence-corrected chi connectivity index (χ3v) is 4.51. The number of nitrogens with zero attached hydrogens (tertiary/aromatic N) is 4. The monoisotopic (exact) mass is 358 g/mol. The largest absolute Gasteiger partial charge is 0.379 e. The quantitative estimate of drug-likeness (QED) is 0.480. The third-order valence-electron chi connectivity index (χ3n) is 3.81. The van der Waals surface area contributed by atoms with Crippen LogP contribution in [0.2, 0.25) is 0 Å². The first-order valence-electron chi connectivity index (χ1n) is 7.97. The van der Waals surface area contributed by atoms with E-state index in [1.807, 2.05) is 30.3 Å². The first kappa shape index (κ1) is 17.2. The Morgan fingerprint density at radius 3 is 3.00 bits per heavy atom. The topological polar surface area (TPSA) is 112 Å². The lowest BCUT2D eigenvalue weighted by Gasteiger charge is -2.22. The second-order valence-electron chi connectivity index (χ2n) is 5.67. The van der Waals surface area contributed by atoms with E-state index in [4.69, 9.17) is 10.3 Å². The minimum Gasteiger partial charge on any atom is -0.379 e. The van der Waals surface area contributed by atoms with Gasteiger partial charge in [-0.05, 0) is 35.5 Å². The van der Waals surface area contributed by atoms with Crippen molar-refractivity contribution in [2.75, 3.05) is 18.5 Å². The molecule has 1 aliphatic heterocycles. The number of hydrogen-bond acceptors (Lipinski definition) is 5. The Labute approximate surface area is 149 Å². The van der Waals surface area contributed by atoms with Crippen LogP contribution >= 0.6 is 11.5 Å². The molecular formula is C16H18N6O2S. The number of carbonyl (C=O) groups is 1. The number of hydrogen-bond donors (Lipinski definition) is 2. The molecule has 1 atom stereocenters. The first-order valence-corrected chi connectivity index (χ1v) is 8.74. The van der Waals surface area contributed by atoms with Crippen molar-refractivity contribution >= 4 is 22.6 Å². The molecule has 25 heavy (non-hydrogen) atoms. The van der Waals surface area contributed by atoms with Crippen LogP contribution in [0.25, 0.3) is 21.7 Å². The molecule has 1 saturated heterocycles. The number of azide groups is 1. The van der Waals surface area contributed by atoms with Gasteiger partial charge >= 0.3 is 6.03 Å². The van der Waals surface area contributed by atoms with Gasteiger partial charge in [0.2, 0.25) is 0 Å². The van der Waals surface area contributed by atoms with Crippen molar-refractivity contribution in [3.63, 3.8) is 0 Å². The van der Waals surface area contributed by atoms with Crippen LogP contribution in [-0.4, -0.2) is 29.7 Å². The van der Waals surface area contributed by atoms with Gasteiger partial charge in [0.25, 0.3) is 0 Å². The molecule has 0 radical (unpaired) electrons. The summed E-state index contributed by atoms with van der Waals surface area (Å²) < 4.78 is 9.72. The van der Waals surface area contributed by atoms with Gasteiger partial charge in [0.15, 0.2) is 0 Å². The molecule has 2 N–H and O–H groups in total. The molecule has 1 fully saturated rings. The fourth-order valence-corrected chi connectivity index (χ4v) is 3.21. The summed E-state index contributed by atoms with van der Waals surface area (Å²) in [6.07, 6.45) is 1.90. The van der Waals surface area contributed by atoms with Crippen LogP contribution in [0.15, 0.2) is 35.4 Å². The Hall–Kier alpha value is -2.61. The Bertz CT molecular complexity index is 763. The molecule has 1 aliphatic rings. The lowest BCUT2D eigenvalue weighted by atomic mass is 10.1. The third kappa shape index (κ3) is 4.93. The van der Waals surface area contributed by atoms with Gasteiger partial charge in [-0.25, -0.2) is 4.79 Å². The van der Waals surface area contributed by atoms with Crippen molar-refractivity contribution in [2.24, 2.45) is 5.11 Å². The van der Waals surface area contributed by atoms with Gasteiger partial charge in [-0.3, -0.25) is 5.32 Å². The van der Waals surface area contributed by atoms with Crippen molar-refractivity contribution in [3.8, 4) is 11.3 Å². The summed E-state index contributed by atoms with van der Waals surface area (Å²) in [6.45, 7) is 1.65. The van der Waals surface area contributed by atoms with Crippen molar-refractivity contribution in [2.45, 2.75) is 25.4 Å². The van der Waals surface area contributed by atoms with Crippen LogP contribution in [0.4, 0.5) is 9.80 Å². The number of rotatable bonds is 5. The summed E-state index contributed by atoms with van der Waals surface area (Å²) in [7, 11) is 0. The molecule has 0 bridgehead atoms. The van der Waals surface area contributed by atoms with Gasteiger partial charge in [0.1, 0.15) is 5.00 Å². The maximum absolute atomic E-state index is 12.0. The lowest BCUT2D eigenvalue weighted by molar-refractivity contribution is 0.0739. The zero-order valence-electron chi connectivity index (χ0n) is 13.5. The van der Waals surface area contributed by atoms with E-state index in [0.717, 1.165) is 36.3 Å². The summed E-state index contributed by atoms with van der Waals surface area (Å²) in [4.78, 5) is 14.8. The highest BCUT2D eigenvalue weighted by atomic mass is 32.1. The summed E-state index contributed by atoms with van der Waals surface area (Å²) >= 11 is 1.23. The molecule has 1 aromatic heterocycles. The van der Waals surface area contributed by atoms with Crippen molar-refractivity contribution in [1.29, 1.82) is 0 Å². The predicted molar refractivity (Wildman–Crippen MR) is 96.4 cm³/mol. The highest BCUT2D eigenvalue weighted by Crippen LogP contribution is 2.25. The first-order chi connectivity index (χ1) is 12.2. The SMILES string of the molecule is [N-]=[N+]=NCc1ccc(-c2cc(NC(=O)N[C@H]3CCCOC3)sn2)cc1. The molecule has 1 aromatic carbocycles. The second-order valence-corrected chi connectivity index (χ2v) is 6.48. The van der Waals surface area contributed by atoms with Crippen molar-refractivity contribution < 1.29 is 9.53 Å². The van der Waals surface area contributed by atoms with E-state index >= 15 is 0 Å². The summed E-state index contributed by atoms with van der Waals surface area (Å²) in [5, 5.41) is 9.94. The Morgan fingerprint density at radius 1 is 1.44 bits per heavy atom. The molecule has 0 saturated carbocycles. The summed E-state index contributed by atoms with van der Waals surface area (Å²) in [5.41, 5.74) is 11.0. The molecule has 2 aromatic rings. The van der Waals surface area contributed by atoms with E-state index < -0.39 is 0 Å². The predicted octanol–water partition coefficient (Wildman–Crippen LogP) is 3.92. The number of benzene rings is 1. The number of nitrogens with one attached hydrogen (secondary N) is 2. The van der Waals surface area contributed by atoms with E-state index in [1.165, 1.54) is 11.5 Å². The smallest absolute Gasteiger partial charge is 0.320 e. The number of carbonyl (C=O) groups excluding carboxylic acids is 1. The maximum atomic E-state index is 12.0. The van der Waals surface area contributed by atoms with E-state index in [0.29, 0.717) is 18.2 Å². The number of anilines is 1. The van der Waals surface area contributed by atoms with Crippen LogP contribution in [0.1, 0.15) is 18.4 Å². The minimum absolute atomic E-state index is 0.0600. The zero-order valence-corrected chi connectivity index (χ0v) is 14.3. The van der Waals surface area contributed by atoms with E-state index in [9.17, 15) is 4.79 Å². The summed E-state index contributed by atoms with van der Waals surface area (Å²) in [6, 6.07) is 9.28. The number of aromatic nitrogens is 1. The lowest BCUT2D eigenvalue weighted by Crippen LogP contribution is -2.42. The van der Waals surface area contributed by atoms with Gasteiger partial charge in [-0.1, -0.05) is 29.4 Å². The highest BCUT2D eigenvalue weighted by Gasteiger charge is 2.16. The average Bonchev–Trinajstić information content (AvgIpc) is 3.09. The molecule has 8 nitrogen and oxygen atoms in total. The molecule has 2 heterocycles. The Morgan fingerprint density at radius 2 is 2.28 bits per heavy atom. The van der Waals surface area contributed by atoms with Gasteiger partial charge in [0, 0.05) is 23.1 Å². The normalized spacial score (nSPS) is 16.7. The van der Waals surface area contributed by atoms with Crippen molar-refractivity contribution in [1.82, 2.24) is 9.69 Å². The maximum Gasteiger partial charge on any atom is 0.320 e. The number of amides is 2. The van der Waals surface area contributed by atoms with Crippen LogP contribution < -0.4 is 10.6 Å². The molecule has 130 valence electrons. The highest BCUT2D eigenvalue weighted by molar-refractivity contribution is 7.10.